The number of methoxy groups -OCH3 is 1. The van der Waals surface area contributed by atoms with Crippen molar-refractivity contribution in [3.05, 3.63) is 78.4 Å². The third-order valence-electron chi connectivity index (χ3n) is 3.96. The van der Waals surface area contributed by atoms with Gasteiger partial charge in [0.25, 0.3) is 5.91 Å². The molecule has 1 amide bonds. The van der Waals surface area contributed by atoms with Crippen LogP contribution in [0.2, 0.25) is 0 Å². The molecular weight excluding hydrogens is 356 g/mol. The van der Waals surface area contributed by atoms with E-state index in [-0.39, 0.29) is 12.4 Å². The van der Waals surface area contributed by atoms with Crippen LogP contribution in [0.4, 0.5) is 0 Å². The molecule has 6 nitrogen and oxygen atoms in total. The quantitative estimate of drug-likeness (QED) is 0.488. The number of nitrogens with zero attached hydrogens (tertiary/aromatic N) is 1. The molecule has 0 unspecified atom stereocenters. The van der Waals surface area contributed by atoms with Crippen LogP contribution in [-0.4, -0.2) is 30.9 Å². The number of rotatable bonds is 7. The van der Waals surface area contributed by atoms with Crippen LogP contribution < -0.4 is 14.9 Å². The number of hydrogen-bond donors (Lipinski definition) is 2. The first-order valence-electron chi connectivity index (χ1n) is 8.63. The van der Waals surface area contributed by atoms with Gasteiger partial charge in [-0.05, 0) is 29.8 Å². The molecule has 0 radical (unpaired) electrons. The van der Waals surface area contributed by atoms with Crippen molar-refractivity contribution < 1.29 is 19.4 Å². The summed E-state index contributed by atoms with van der Waals surface area (Å²) < 4.78 is 10.8. The van der Waals surface area contributed by atoms with Crippen LogP contribution in [0.15, 0.2) is 77.9 Å². The van der Waals surface area contributed by atoms with Crippen LogP contribution in [-0.2, 0) is 4.79 Å². The van der Waals surface area contributed by atoms with E-state index in [1.54, 1.807) is 12.1 Å². The Morgan fingerprint density at radius 3 is 2.61 bits per heavy atom. The predicted molar refractivity (Wildman–Crippen MR) is 108 cm³/mol. The lowest BCUT2D eigenvalue weighted by molar-refractivity contribution is -0.123. The zero-order chi connectivity index (χ0) is 19.8. The third-order valence-corrected chi connectivity index (χ3v) is 3.96. The topological polar surface area (TPSA) is 80.2 Å². The lowest BCUT2D eigenvalue weighted by atomic mass is 10.1. The molecule has 0 aliphatic heterocycles. The standard InChI is InChI=1S/C22H20N2O4/c1-27-18-11-12-20(25)17(13-18)14-23-24-22(26)15-28-21-10-6-5-9-19(21)16-7-3-2-4-8-16/h2-14,25H,15H2,1H3,(H,24,26)/b23-14+. The maximum absolute atomic E-state index is 12.0. The van der Waals surface area contributed by atoms with Gasteiger partial charge < -0.3 is 14.6 Å². The van der Waals surface area contributed by atoms with E-state index in [1.165, 1.54) is 19.4 Å². The van der Waals surface area contributed by atoms with Gasteiger partial charge in [0.1, 0.15) is 17.2 Å². The van der Waals surface area contributed by atoms with Crippen LogP contribution in [0.3, 0.4) is 0 Å². The van der Waals surface area contributed by atoms with Gasteiger partial charge in [0.15, 0.2) is 6.61 Å². The predicted octanol–water partition coefficient (Wildman–Crippen LogP) is 3.60. The smallest absolute Gasteiger partial charge is 0.277 e. The fraction of sp³-hybridized carbons (Fsp3) is 0.0909. The van der Waals surface area contributed by atoms with Crippen molar-refractivity contribution in [3.63, 3.8) is 0 Å². The fourth-order valence-corrected chi connectivity index (χ4v) is 2.56. The Labute approximate surface area is 163 Å². The van der Waals surface area contributed by atoms with E-state index in [2.05, 4.69) is 10.5 Å². The highest BCUT2D eigenvalue weighted by Crippen LogP contribution is 2.29. The van der Waals surface area contributed by atoms with Crippen LogP contribution >= 0.6 is 0 Å². The van der Waals surface area contributed by atoms with Crippen molar-refractivity contribution in [1.29, 1.82) is 0 Å². The molecule has 0 aromatic heterocycles. The number of phenolic OH excluding ortho intramolecular Hbond substituents is 1. The normalized spacial score (nSPS) is 10.6. The number of hydrogen-bond acceptors (Lipinski definition) is 5. The lowest BCUT2D eigenvalue weighted by Crippen LogP contribution is -2.24. The first kappa shape index (κ1) is 19.0. The molecule has 0 spiro atoms. The highest BCUT2D eigenvalue weighted by atomic mass is 16.5. The summed E-state index contributed by atoms with van der Waals surface area (Å²) in [5, 5.41) is 13.7. The number of amides is 1. The molecule has 0 saturated heterocycles. The third kappa shape index (κ3) is 4.88. The summed E-state index contributed by atoms with van der Waals surface area (Å²) in [4.78, 5) is 12.0. The first-order valence-corrected chi connectivity index (χ1v) is 8.63. The van der Waals surface area contributed by atoms with Crippen molar-refractivity contribution in [3.8, 4) is 28.4 Å². The fourth-order valence-electron chi connectivity index (χ4n) is 2.56. The number of ether oxygens (including phenoxy) is 2. The lowest BCUT2D eigenvalue weighted by Gasteiger charge is -2.11. The number of hydrazone groups is 1. The molecule has 0 fully saturated rings. The number of carbonyl (C=O) groups is 1. The van der Waals surface area contributed by atoms with E-state index in [4.69, 9.17) is 9.47 Å². The molecule has 0 atom stereocenters. The Bertz CT molecular complexity index is 971. The Morgan fingerprint density at radius 2 is 1.82 bits per heavy atom. The number of nitrogens with one attached hydrogen (secondary N) is 1. The average molecular weight is 376 g/mol. The molecule has 0 aliphatic rings. The van der Waals surface area contributed by atoms with Crippen LogP contribution in [0.1, 0.15) is 5.56 Å². The largest absolute Gasteiger partial charge is 0.507 e. The Balaban J connectivity index is 1.60. The molecule has 3 rings (SSSR count). The second-order valence-corrected chi connectivity index (χ2v) is 5.87. The highest BCUT2D eigenvalue weighted by Gasteiger charge is 2.08. The van der Waals surface area contributed by atoms with Gasteiger partial charge in [0, 0.05) is 11.1 Å². The van der Waals surface area contributed by atoms with Crippen LogP contribution in [0, 0.1) is 0 Å². The van der Waals surface area contributed by atoms with Crippen molar-refractivity contribution in [2.24, 2.45) is 5.10 Å². The van der Waals surface area contributed by atoms with Gasteiger partial charge in [-0.3, -0.25) is 4.79 Å². The van der Waals surface area contributed by atoms with E-state index in [9.17, 15) is 9.90 Å². The van der Waals surface area contributed by atoms with Crippen LogP contribution in [0.25, 0.3) is 11.1 Å². The number of aromatic hydroxyl groups is 1. The molecule has 28 heavy (non-hydrogen) atoms. The Kier molecular flexibility index (Phi) is 6.25. The zero-order valence-corrected chi connectivity index (χ0v) is 15.3. The summed E-state index contributed by atoms with van der Waals surface area (Å²) in [6.07, 6.45) is 1.34. The minimum Gasteiger partial charge on any atom is -0.507 e. The molecule has 0 bridgehead atoms. The maximum atomic E-state index is 12.0. The monoisotopic (exact) mass is 376 g/mol. The Hall–Kier alpha value is -3.80. The second-order valence-electron chi connectivity index (χ2n) is 5.87. The van der Waals surface area contributed by atoms with E-state index in [1.807, 2.05) is 54.6 Å². The Morgan fingerprint density at radius 1 is 1.07 bits per heavy atom. The summed E-state index contributed by atoms with van der Waals surface area (Å²) in [6, 6.07) is 22.0. The minimum atomic E-state index is -0.415. The number of carbonyl (C=O) groups excluding carboxylic acids is 1. The summed E-state index contributed by atoms with van der Waals surface area (Å²) in [7, 11) is 1.53. The molecule has 2 N–H and O–H groups in total. The summed E-state index contributed by atoms with van der Waals surface area (Å²) >= 11 is 0. The summed E-state index contributed by atoms with van der Waals surface area (Å²) in [6.45, 7) is -0.189. The highest BCUT2D eigenvalue weighted by molar-refractivity contribution is 5.86. The molecular formula is C22H20N2O4. The van der Waals surface area contributed by atoms with Gasteiger partial charge in [0.05, 0.1) is 13.3 Å². The van der Waals surface area contributed by atoms with Crippen molar-refractivity contribution in [2.75, 3.05) is 13.7 Å². The van der Waals surface area contributed by atoms with Crippen molar-refractivity contribution in [2.45, 2.75) is 0 Å². The summed E-state index contributed by atoms with van der Waals surface area (Å²) in [5.41, 5.74) is 4.71. The number of para-hydroxylation sites is 1. The molecule has 142 valence electrons. The average Bonchev–Trinajstić information content (AvgIpc) is 2.74. The van der Waals surface area contributed by atoms with Crippen molar-refractivity contribution in [1.82, 2.24) is 5.43 Å². The van der Waals surface area contributed by atoms with Crippen molar-refractivity contribution >= 4 is 12.1 Å². The molecule has 0 aliphatic carbocycles. The molecule has 3 aromatic carbocycles. The minimum absolute atomic E-state index is 0.0341. The SMILES string of the molecule is COc1ccc(O)c(/C=N/NC(=O)COc2ccccc2-c2ccccc2)c1. The summed E-state index contributed by atoms with van der Waals surface area (Å²) in [5.74, 6) is 0.804. The molecule has 3 aromatic rings. The molecule has 0 saturated carbocycles. The van der Waals surface area contributed by atoms with Crippen LogP contribution in [0.5, 0.6) is 17.2 Å². The van der Waals surface area contributed by atoms with Gasteiger partial charge in [-0.15, -0.1) is 0 Å². The zero-order valence-electron chi connectivity index (χ0n) is 15.3. The van der Waals surface area contributed by atoms with Gasteiger partial charge >= 0.3 is 0 Å². The van der Waals surface area contributed by atoms with Gasteiger partial charge in [-0.2, -0.15) is 5.10 Å². The first-order chi connectivity index (χ1) is 13.7. The maximum Gasteiger partial charge on any atom is 0.277 e. The van der Waals surface area contributed by atoms with Gasteiger partial charge in [0.2, 0.25) is 0 Å². The van der Waals surface area contributed by atoms with Gasteiger partial charge in [-0.1, -0.05) is 48.5 Å². The number of benzene rings is 3. The molecule has 0 heterocycles. The van der Waals surface area contributed by atoms with E-state index in [0.717, 1.165) is 11.1 Å². The van der Waals surface area contributed by atoms with E-state index in [0.29, 0.717) is 17.1 Å². The molecule has 6 heteroatoms. The second kappa shape index (κ2) is 9.23. The number of phenols is 1. The van der Waals surface area contributed by atoms with E-state index < -0.39 is 5.91 Å². The van der Waals surface area contributed by atoms with Gasteiger partial charge in [-0.25, -0.2) is 5.43 Å². The van der Waals surface area contributed by atoms with E-state index >= 15 is 0 Å².